The quantitative estimate of drug-likeness (QED) is 0.652. The van der Waals surface area contributed by atoms with E-state index in [1.54, 1.807) is 7.11 Å². The molecule has 0 radical (unpaired) electrons. The molecule has 0 fully saturated rings. The number of ether oxygens (including phenoxy) is 1. The monoisotopic (exact) mass is 200 g/mol. The topological polar surface area (TPSA) is 18.5 Å². The number of hydrogen-bond donors (Lipinski definition) is 0. The highest BCUT2D eigenvalue weighted by atomic mass is 28.4. The maximum absolute atomic E-state index is 5.96. The van der Waals surface area contributed by atoms with Crippen LogP contribution in [-0.4, -0.2) is 21.5 Å². The van der Waals surface area contributed by atoms with Gasteiger partial charge in [-0.05, 0) is 45.0 Å². The van der Waals surface area contributed by atoms with Gasteiger partial charge in [-0.25, -0.2) is 0 Å². The van der Waals surface area contributed by atoms with Crippen LogP contribution in [-0.2, 0) is 9.16 Å². The number of hydrogen-bond acceptors (Lipinski definition) is 2. The number of rotatable bonds is 3. The fraction of sp³-hybridized carbons (Fsp3) is 0.800. The van der Waals surface area contributed by atoms with Crippen molar-refractivity contribution in [1.82, 2.24) is 0 Å². The van der Waals surface area contributed by atoms with Gasteiger partial charge in [0.2, 0.25) is 8.32 Å². The van der Waals surface area contributed by atoms with Crippen LogP contribution in [0.3, 0.4) is 0 Å². The number of methoxy groups -OCH3 is 1. The molecule has 1 rings (SSSR count). The first-order valence-corrected chi connectivity index (χ1v) is 8.35. The van der Waals surface area contributed by atoms with Crippen LogP contribution in [0.15, 0.2) is 11.8 Å². The van der Waals surface area contributed by atoms with E-state index in [4.69, 9.17) is 9.16 Å². The summed E-state index contributed by atoms with van der Waals surface area (Å²) in [7, 11) is 0.310. The highest BCUT2D eigenvalue weighted by Gasteiger charge is 2.24. The highest BCUT2D eigenvalue weighted by molar-refractivity contribution is 6.70. The first kappa shape index (κ1) is 10.8. The molecular formula is C10H20O2Si. The van der Waals surface area contributed by atoms with E-state index in [0.29, 0.717) is 0 Å². The molecule has 0 aromatic carbocycles. The molecule has 0 aromatic heterocycles. The Morgan fingerprint density at radius 1 is 1.38 bits per heavy atom. The summed E-state index contributed by atoms with van der Waals surface area (Å²) >= 11 is 0. The lowest BCUT2D eigenvalue weighted by Crippen LogP contribution is -2.30. The van der Waals surface area contributed by atoms with Crippen LogP contribution in [0.4, 0.5) is 0 Å². The van der Waals surface area contributed by atoms with Gasteiger partial charge in [0.1, 0.15) is 11.9 Å². The standard InChI is InChI=1S/C10H20O2Si/c1-11-9-7-5-6-8-10(9)12-13(2,3)4/h8-9H,5-7H2,1-4H3. The van der Waals surface area contributed by atoms with Crippen molar-refractivity contribution >= 4 is 8.32 Å². The summed E-state index contributed by atoms with van der Waals surface area (Å²) < 4.78 is 11.3. The average molecular weight is 200 g/mol. The first-order chi connectivity index (χ1) is 6.03. The van der Waals surface area contributed by atoms with Crippen LogP contribution >= 0.6 is 0 Å². The molecule has 3 heteroatoms. The summed E-state index contributed by atoms with van der Waals surface area (Å²) in [4.78, 5) is 0. The number of allylic oxidation sites excluding steroid dienone is 1. The minimum atomic E-state index is -1.45. The van der Waals surface area contributed by atoms with Gasteiger partial charge in [0.15, 0.2) is 0 Å². The van der Waals surface area contributed by atoms with E-state index in [1.165, 1.54) is 6.42 Å². The Bertz CT molecular complexity index is 194. The van der Waals surface area contributed by atoms with Crippen molar-refractivity contribution in [2.45, 2.75) is 45.0 Å². The fourth-order valence-corrected chi connectivity index (χ4v) is 2.44. The molecule has 1 atom stereocenters. The van der Waals surface area contributed by atoms with E-state index < -0.39 is 8.32 Å². The maximum atomic E-state index is 5.96. The Morgan fingerprint density at radius 3 is 2.62 bits per heavy atom. The minimum Gasteiger partial charge on any atom is -0.546 e. The third-order valence-electron chi connectivity index (χ3n) is 2.04. The molecule has 0 aromatic rings. The lowest BCUT2D eigenvalue weighted by Gasteiger charge is -2.29. The molecule has 1 aliphatic rings. The smallest absolute Gasteiger partial charge is 0.241 e. The molecule has 1 unspecified atom stereocenters. The van der Waals surface area contributed by atoms with Gasteiger partial charge in [-0.1, -0.05) is 0 Å². The summed E-state index contributed by atoms with van der Waals surface area (Å²) in [6, 6.07) is 0. The van der Waals surface area contributed by atoms with E-state index in [9.17, 15) is 0 Å². The third-order valence-corrected chi connectivity index (χ3v) is 2.89. The molecule has 0 amide bonds. The molecule has 0 spiro atoms. The average Bonchev–Trinajstić information content (AvgIpc) is 2.02. The van der Waals surface area contributed by atoms with Crippen LogP contribution in [0.25, 0.3) is 0 Å². The molecule has 76 valence electrons. The van der Waals surface area contributed by atoms with Crippen LogP contribution in [0.2, 0.25) is 19.6 Å². The lowest BCUT2D eigenvalue weighted by atomic mass is 10.0. The molecule has 2 nitrogen and oxygen atoms in total. The molecular weight excluding hydrogens is 180 g/mol. The SMILES string of the molecule is COC1CCCC=C1O[Si](C)(C)C. The van der Waals surface area contributed by atoms with Crippen molar-refractivity contribution in [3.8, 4) is 0 Å². The summed E-state index contributed by atoms with van der Waals surface area (Å²) in [5, 5.41) is 0. The van der Waals surface area contributed by atoms with Crippen molar-refractivity contribution in [2.24, 2.45) is 0 Å². The Hall–Kier alpha value is -0.283. The van der Waals surface area contributed by atoms with Crippen molar-refractivity contribution in [3.05, 3.63) is 11.8 Å². The van der Waals surface area contributed by atoms with E-state index >= 15 is 0 Å². The fourth-order valence-electron chi connectivity index (χ4n) is 1.52. The second-order valence-corrected chi connectivity index (χ2v) is 8.91. The van der Waals surface area contributed by atoms with Crippen molar-refractivity contribution in [1.29, 1.82) is 0 Å². The third kappa shape index (κ3) is 3.52. The van der Waals surface area contributed by atoms with Gasteiger partial charge in [-0.2, -0.15) is 0 Å². The molecule has 1 aliphatic carbocycles. The van der Waals surface area contributed by atoms with E-state index in [2.05, 4.69) is 25.7 Å². The molecule has 0 heterocycles. The van der Waals surface area contributed by atoms with Crippen LogP contribution < -0.4 is 0 Å². The second kappa shape index (κ2) is 4.29. The van der Waals surface area contributed by atoms with Crippen LogP contribution in [0.1, 0.15) is 19.3 Å². The zero-order chi connectivity index (χ0) is 9.90. The van der Waals surface area contributed by atoms with Gasteiger partial charge in [-0.3, -0.25) is 0 Å². The minimum absolute atomic E-state index is 0.209. The van der Waals surface area contributed by atoms with Crippen LogP contribution in [0, 0.1) is 0 Å². The molecule has 0 saturated heterocycles. The van der Waals surface area contributed by atoms with Crippen molar-refractivity contribution < 1.29 is 9.16 Å². The van der Waals surface area contributed by atoms with Gasteiger partial charge in [-0.15, -0.1) is 0 Å². The summed E-state index contributed by atoms with van der Waals surface area (Å²) in [6.07, 6.45) is 5.86. The van der Waals surface area contributed by atoms with E-state index in [1.807, 2.05) is 0 Å². The van der Waals surface area contributed by atoms with Gasteiger partial charge >= 0.3 is 0 Å². The highest BCUT2D eigenvalue weighted by Crippen LogP contribution is 2.24. The maximum Gasteiger partial charge on any atom is 0.241 e. The first-order valence-electron chi connectivity index (χ1n) is 4.95. The molecule has 0 aliphatic heterocycles. The Balaban J connectivity index is 2.60. The zero-order valence-corrected chi connectivity index (χ0v) is 10.1. The summed E-state index contributed by atoms with van der Waals surface area (Å²) in [5.74, 6) is 1.08. The molecule has 0 bridgehead atoms. The summed E-state index contributed by atoms with van der Waals surface area (Å²) in [6.45, 7) is 6.61. The van der Waals surface area contributed by atoms with Crippen molar-refractivity contribution in [2.75, 3.05) is 7.11 Å². The molecule has 0 saturated carbocycles. The van der Waals surface area contributed by atoms with Gasteiger partial charge in [0.05, 0.1) is 0 Å². The normalized spacial score (nSPS) is 24.0. The lowest BCUT2D eigenvalue weighted by molar-refractivity contribution is 0.0833. The van der Waals surface area contributed by atoms with Gasteiger partial charge in [0, 0.05) is 7.11 Å². The molecule has 13 heavy (non-hydrogen) atoms. The predicted octanol–water partition coefficient (Wildman–Crippen LogP) is 2.92. The van der Waals surface area contributed by atoms with Crippen LogP contribution in [0.5, 0.6) is 0 Å². The Labute approximate surface area is 82.1 Å². The Morgan fingerprint density at radius 2 is 2.08 bits per heavy atom. The van der Waals surface area contributed by atoms with E-state index in [-0.39, 0.29) is 6.10 Å². The van der Waals surface area contributed by atoms with E-state index in [0.717, 1.165) is 18.6 Å². The summed E-state index contributed by atoms with van der Waals surface area (Å²) in [5.41, 5.74) is 0. The Kier molecular flexibility index (Phi) is 3.56. The van der Waals surface area contributed by atoms with Gasteiger partial charge < -0.3 is 9.16 Å². The van der Waals surface area contributed by atoms with Gasteiger partial charge in [0.25, 0.3) is 0 Å². The zero-order valence-electron chi connectivity index (χ0n) is 9.09. The predicted molar refractivity (Wildman–Crippen MR) is 57.2 cm³/mol. The second-order valence-electron chi connectivity index (χ2n) is 4.48. The van der Waals surface area contributed by atoms with Crippen molar-refractivity contribution in [3.63, 3.8) is 0 Å². The molecule has 0 N–H and O–H groups in total. The largest absolute Gasteiger partial charge is 0.546 e.